The van der Waals surface area contributed by atoms with Crippen LogP contribution in [0.3, 0.4) is 0 Å². The summed E-state index contributed by atoms with van der Waals surface area (Å²) in [6.07, 6.45) is 1.51. The van der Waals surface area contributed by atoms with Crippen molar-refractivity contribution in [2.24, 2.45) is 0 Å². The Morgan fingerprint density at radius 1 is 0.972 bits per heavy atom. The third kappa shape index (κ3) is 4.92. The van der Waals surface area contributed by atoms with Crippen LogP contribution in [0.5, 0.6) is 11.5 Å². The zero-order valence-electron chi connectivity index (χ0n) is 20.6. The second kappa shape index (κ2) is 10.4. The van der Waals surface area contributed by atoms with Gasteiger partial charge in [-0.25, -0.2) is 9.48 Å². The van der Waals surface area contributed by atoms with E-state index in [0.29, 0.717) is 49.7 Å². The van der Waals surface area contributed by atoms with Crippen LogP contribution in [0.1, 0.15) is 38.9 Å². The molecular formula is C27H30N4O5. The van der Waals surface area contributed by atoms with E-state index in [-0.39, 0.29) is 11.9 Å². The van der Waals surface area contributed by atoms with Crippen molar-refractivity contribution < 1.29 is 23.8 Å². The van der Waals surface area contributed by atoms with Gasteiger partial charge >= 0.3 is 5.97 Å². The molecule has 9 heteroatoms. The van der Waals surface area contributed by atoms with Crippen LogP contribution < -0.4 is 9.47 Å². The van der Waals surface area contributed by atoms with Crippen LogP contribution in [0.4, 0.5) is 0 Å². The highest BCUT2D eigenvalue weighted by molar-refractivity contribution is 5.94. The number of esters is 1. The van der Waals surface area contributed by atoms with E-state index in [1.165, 1.54) is 11.8 Å². The van der Waals surface area contributed by atoms with E-state index in [1.54, 1.807) is 11.6 Å². The van der Waals surface area contributed by atoms with Crippen LogP contribution >= 0.6 is 0 Å². The van der Waals surface area contributed by atoms with E-state index in [9.17, 15) is 9.59 Å². The minimum absolute atomic E-state index is 0.0185. The van der Waals surface area contributed by atoms with Gasteiger partial charge in [-0.1, -0.05) is 6.07 Å². The number of amides is 1. The number of fused-ring (bicyclic) bond motifs is 1. The van der Waals surface area contributed by atoms with Gasteiger partial charge in [0.25, 0.3) is 5.91 Å². The van der Waals surface area contributed by atoms with Crippen LogP contribution in [0.15, 0.2) is 48.7 Å². The van der Waals surface area contributed by atoms with Crippen molar-refractivity contribution in [3.63, 3.8) is 0 Å². The molecule has 0 aliphatic carbocycles. The number of hydrogen-bond donors (Lipinski definition) is 0. The quantitative estimate of drug-likeness (QED) is 0.491. The minimum atomic E-state index is -0.388. The number of rotatable bonds is 6. The van der Waals surface area contributed by atoms with Gasteiger partial charge < -0.3 is 19.1 Å². The first-order valence-electron chi connectivity index (χ1n) is 12.3. The van der Waals surface area contributed by atoms with Gasteiger partial charge in [0.2, 0.25) is 0 Å². The van der Waals surface area contributed by atoms with Crippen LogP contribution in [-0.4, -0.2) is 77.5 Å². The van der Waals surface area contributed by atoms with E-state index in [0.717, 1.165) is 36.8 Å². The molecule has 0 unspecified atom stereocenters. The summed E-state index contributed by atoms with van der Waals surface area (Å²) in [5.74, 6) is 1.23. The summed E-state index contributed by atoms with van der Waals surface area (Å²) < 4.78 is 18.1. The summed E-state index contributed by atoms with van der Waals surface area (Å²) in [4.78, 5) is 29.4. The standard InChI is InChI=1S/C27H30N4O5/c1-3-34-27(33)23-17-28-31(19(23)2)22-7-5-21(6-8-22)26(32)30-12-10-29(11-13-30)18-20-4-9-24-25(16-20)36-15-14-35-24/h4-9,16-17H,3,10-15,18H2,1-2H3. The Labute approximate surface area is 210 Å². The molecule has 9 nitrogen and oxygen atoms in total. The second-order valence-corrected chi connectivity index (χ2v) is 8.87. The molecule has 0 saturated carbocycles. The lowest BCUT2D eigenvalue weighted by Gasteiger charge is -2.35. The maximum Gasteiger partial charge on any atom is 0.341 e. The Balaban J connectivity index is 1.18. The van der Waals surface area contributed by atoms with E-state index in [4.69, 9.17) is 14.2 Å². The SMILES string of the molecule is CCOC(=O)c1cnn(-c2ccc(C(=O)N3CCN(Cc4ccc5c(c4)OCCO5)CC3)cc2)c1C. The average molecular weight is 491 g/mol. The van der Waals surface area contributed by atoms with Gasteiger partial charge in [-0.05, 0) is 55.8 Å². The number of hydrogen-bond acceptors (Lipinski definition) is 7. The Hall–Kier alpha value is -3.85. The van der Waals surface area contributed by atoms with Crippen molar-refractivity contribution in [2.45, 2.75) is 20.4 Å². The van der Waals surface area contributed by atoms with Gasteiger partial charge in [-0.2, -0.15) is 5.10 Å². The van der Waals surface area contributed by atoms with Crippen LogP contribution in [0.25, 0.3) is 5.69 Å². The molecule has 1 saturated heterocycles. The van der Waals surface area contributed by atoms with Crippen molar-refractivity contribution in [1.29, 1.82) is 0 Å². The number of piperazine rings is 1. The molecule has 1 amide bonds. The predicted octanol–water partition coefficient (Wildman–Crippen LogP) is 3.09. The predicted molar refractivity (Wildman–Crippen MR) is 133 cm³/mol. The van der Waals surface area contributed by atoms with E-state index >= 15 is 0 Å². The summed E-state index contributed by atoms with van der Waals surface area (Å²) in [7, 11) is 0. The van der Waals surface area contributed by atoms with Crippen molar-refractivity contribution >= 4 is 11.9 Å². The molecule has 0 bridgehead atoms. The number of aromatic nitrogens is 2. The Bertz CT molecular complexity index is 1250. The van der Waals surface area contributed by atoms with Gasteiger partial charge in [-0.3, -0.25) is 9.69 Å². The largest absolute Gasteiger partial charge is 0.486 e. The van der Waals surface area contributed by atoms with Gasteiger partial charge in [0.15, 0.2) is 11.5 Å². The molecular weight excluding hydrogens is 460 g/mol. The molecule has 1 aromatic heterocycles. The van der Waals surface area contributed by atoms with Crippen molar-refractivity contribution in [3.05, 3.63) is 71.0 Å². The zero-order valence-corrected chi connectivity index (χ0v) is 20.6. The summed E-state index contributed by atoms with van der Waals surface area (Å²) >= 11 is 0. The zero-order chi connectivity index (χ0) is 25.1. The summed E-state index contributed by atoms with van der Waals surface area (Å²) in [6.45, 7) is 8.84. The van der Waals surface area contributed by atoms with E-state index in [1.807, 2.05) is 48.2 Å². The summed E-state index contributed by atoms with van der Waals surface area (Å²) in [6, 6.07) is 13.4. The first kappa shape index (κ1) is 23.9. The molecule has 5 rings (SSSR count). The number of ether oxygens (including phenoxy) is 3. The lowest BCUT2D eigenvalue weighted by Crippen LogP contribution is -2.48. The number of carbonyl (C=O) groups excluding carboxylic acids is 2. The Morgan fingerprint density at radius 2 is 1.69 bits per heavy atom. The van der Waals surface area contributed by atoms with Crippen LogP contribution in [0.2, 0.25) is 0 Å². The highest BCUT2D eigenvalue weighted by atomic mass is 16.6. The van der Waals surface area contributed by atoms with Crippen LogP contribution in [-0.2, 0) is 11.3 Å². The Morgan fingerprint density at radius 3 is 2.42 bits per heavy atom. The van der Waals surface area contributed by atoms with Crippen molar-refractivity contribution in [2.75, 3.05) is 46.0 Å². The molecule has 3 heterocycles. The fourth-order valence-corrected chi connectivity index (χ4v) is 4.56. The van der Waals surface area contributed by atoms with Gasteiger partial charge in [0.05, 0.1) is 24.2 Å². The maximum absolute atomic E-state index is 13.1. The average Bonchev–Trinajstić information content (AvgIpc) is 3.30. The number of carbonyl (C=O) groups is 2. The molecule has 3 aromatic rings. The first-order valence-corrected chi connectivity index (χ1v) is 12.3. The van der Waals surface area contributed by atoms with E-state index < -0.39 is 0 Å². The molecule has 36 heavy (non-hydrogen) atoms. The number of benzene rings is 2. The Kier molecular flexibility index (Phi) is 6.90. The van der Waals surface area contributed by atoms with Crippen molar-refractivity contribution in [1.82, 2.24) is 19.6 Å². The topological polar surface area (TPSA) is 86.1 Å². The third-order valence-corrected chi connectivity index (χ3v) is 6.54. The second-order valence-electron chi connectivity index (χ2n) is 8.87. The monoisotopic (exact) mass is 490 g/mol. The lowest BCUT2D eigenvalue weighted by molar-refractivity contribution is 0.0525. The molecule has 1 fully saturated rings. The van der Waals surface area contributed by atoms with Crippen molar-refractivity contribution in [3.8, 4) is 17.2 Å². The molecule has 2 aliphatic heterocycles. The molecule has 0 spiro atoms. The molecule has 2 aliphatic rings. The third-order valence-electron chi connectivity index (χ3n) is 6.54. The summed E-state index contributed by atoms with van der Waals surface area (Å²) in [5.41, 5.74) is 3.72. The molecule has 0 radical (unpaired) electrons. The first-order chi connectivity index (χ1) is 17.5. The highest BCUT2D eigenvalue weighted by Gasteiger charge is 2.23. The van der Waals surface area contributed by atoms with Gasteiger partial charge in [0.1, 0.15) is 18.8 Å². The summed E-state index contributed by atoms with van der Waals surface area (Å²) in [5, 5.41) is 4.32. The van der Waals surface area contributed by atoms with Gasteiger partial charge in [-0.15, -0.1) is 0 Å². The number of nitrogens with zero attached hydrogens (tertiary/aromatic N) is 4. The van der Waals surface area contributed by atoms with Crippen LogP contribution in [0, 0.1) is 6.92 Å². The molecule has 188 valence electrons. The minimum Gasteiger partial charge on any atom is -0.486 e. The fraction of sp³-hybridized carbons (Fsp3) is 0.370. The normalized spacial score (nSPS) is 15.6. The lowest BCUT2D eigenvalue weighted by atomic mass is 10.1. The van der Waals surface area contributed by atoms with Gasteiger partial charge in [0, 0.05) is 38.3 Å². The smallest absolute Gasteiger partial charge is 0.341 e. The fourth-order valence-electron chi connectivity index (χ4n) is 4.56. The van der Waals surface area contributed by atoms with E-state index in [2.05, 4.69) is 16.1 Å². The highest BCUT2D eigenvalue weighted by Crippen LogP contribution is 2.31. The molecule has 0 atom stereocenters. The molecule has 0 N–H and O–H groups in total. The maximum atomic E-state index is 13.1. The molecule has 2 aromatic carbocycles.